The van der Waals surface area contributed by atoms with Gasteiger partial charge in [-0.3, -0.25) is 0 Å². The van der Waals surface area contributed by atoms with Gasteiger partial charge in [0, 0.05) is 6.07 Å². The second kappa shape index (κ2) is 12.3. The van der Waals surface area contributed by atoms with Crippen molar-refractivity contribution in [2.24, 2.45) is 0 Å². The third kappa shape index (κ3) is 5.91. The summed E-state index contributed by atoms with van der Waals surface area (Å²) in [5, 5.41) is 4.64. The molecule has 0 bridgehead atoms. The maximum Gasteiger partial charge on any atom is 0.320 e. The highest BCUT2D eigenvalue weighted by Crippen LogP contribution is 2.42. The lowest BCUT2D eigenvalue weighted by Gasteiger charge is -2.44. The number of halogens is 1. The first-order valence-corrected chi connectivity index (χ1v) is 19.5. The van der Waals surface area contributed by atoms with E-state index in [1.165, 1.54) is 20.7 Å². The molecule has 0 atom stereocenters. The van der Waals surface area contributed by atoms with Crippen molar-refractivity contribution in [1.82, 2.24) is 0 Å². The lowest BCUT2D eigenvalue weighted by Crippen LogP contribution is -2.69. The van der Waals surface area contributed by atoms with Crippen LogP contribution in [-0.4, -0.2) is 16.6 Å². The number of rotatable bonds is 8. The smallest absolute Gasteiger partial charge is 0.320 e. The lowest BCUT2D eigenvalue weighted by atomic mass is 10.2. The summed E-state index contributed by atoms with van der Waals surface area (Å²) in [6, 6.07) is 49.3. The van der Waals surface area contributed by atoms with E-state index in [-0.39, 0.29) is 10.1 Å². The minimum absolute atomic E-state index is 0.151. The maximum atomic E-state index is 7.45. The summed E-state index contributed by atoms with van der Waals surface area (Å²) in [6.07, 6.45) is 0. The van der Waals surface area contributed by atoms with Crippen LogP contribution in [0.5, 0.6) is 11.5 Å². The zero-order valence-electron chi connectivity index (χ0n) is 26.0. The summed E-state index contributed by atoms with van der Waals surface area (Å²) in [7, 11) is -5.65. The summed E-state index contributed by atoms with van der Waals surface area (Å²) >= 11 is 3.86. The van der Waals surface area contributed by atoms with E-state index in [1.807, 2.05) is 0 Å². The van der Waals surface area contributed by atoms with E-state index in [4.69, 9.17) is 8.85 Å². The normalized spacial score (nSPS) is 12.5. The van der Waals surface area contributed by atoms with Gasteiger partial charge >= 0.3 is 16.6 Å². The van der Waals surface area contributed by atoms with Gasteiger partial charge < -0.3 is 8.85 Å². The van der Waals surface area contributed by atoms with Crippen LogP contribution in [0.25, 0.3) is 0 Å². The Bertz CT molecular complexity index is 1550. The van der Waals surface area contributed by atoms with Crippen LogP contribution in [0.1, 0.15) is 41.5 Å². The fraction of sp³-hybridized carbons (Fsp3) is 0.211. The first-order valence-electron chi connectivity index (χ1n) is 14.9. The Morgan fingerprint density at radius 2 is 0.767 bits per heavy atom. The summed E-state index contributed by atoms with van der Waals surface area (Å²) in [5.74, 6) is 1.61. The van der Waals surface area contributed by atoms with Crippen molar-refractivity contribution >= 4 is 53.3 Å². The van der Waals surface area contributed by atoms with Crippen LogP contribution in [0, 0.1) is 0 Å². The van der Waals surface area contributed by atoms with E-state index >= 15 is 0 Å². The van der Waals surface area contributed by atoms with Crippen LogP contribution < -0.4 is 29.6 Å². The fourth-order valence-electron chi connectivity index (χ4n) is 6.27. The van der Waals surface area contributed by atoms with Gasteiger partial charge in [0.1, 0.15) is 11.5 Å². The molecule has 5 heteroatoms. The van der Waals surface area contributed by atoms with Gasteiger partial charge in [-0.05, 0) is 58.9 Å². The van der Waals surface area contributed by atoms with E-state index in [2.05, 4.69) is 197 Å². The van der Waals surface area contributed by atoms with Crippen molar-refractivity contribution in [1.29, 1.82) is 0 Å². The molecule has 5 aromatic carbocycles. The molecule has 220 valence electrons. The summed E-state index contributed by atoms with van der Waals surface area (Å²) in [4.78, 5) is 0. The Kier molecular flexibility index (Phi) is 8.89. The SMILES string of the molecule is CC(C)(C)[Si](Oc1ccc(Br)c(O[Si](c2ccccc2)(c2ccccc2)C(C)(C)C)c1)(c1ccccc1)c1ccccc1. The molecule has 2 nitrogen and oxygen atoms in total. The van der Waals surface area contributed by atoms with Gasteiger partial charge in [-0.2, -0.15) is 0 Å². The topological polar surface area (TPSA) is 18.5 Å². The third-order valence-electron chi connectivity index (χ3n) is 8.27. The molecule has 43 heavy (non-hydrogen) atoms. The van der Waals surface area contributed by atoms with E-state index in [0.717, 1.165) is 16.0 Å². The van der Waals surface area contributed by atoms with E-state index < -0.39 is 16.6 Å². The highest BCUT2D eigenvalue weighted by atomic mass is 79.9. The average molecular weight is 666 g/mol. The van der Waals surface area contributed by atoms with Crippen LogP contribution in [-0.2, 0) is 0 Å². The molecule has 0 spiro atoms. The first-order chi connectivity index (χ1) is 20.5. The molecule has 0 heterocycles. The Hall–Kier alpha value is -3.39. The molecular formula is C38H41BrO2Si2. The molecule has 0 radical (unpaired) electrons. The second-order valence-electron chi connectivity index (χ2n) is 13.1. The van der Waals surface area contributed by atoms with Crippen molar-refractivity contribution in [3.8, 4) is 11.5 Å². The third-order valence-corrected chi connectivity index (χ3v) is 18.8. The van der Waals surface area contributed by atoms with Gasteiger partial charge in [0.25, 0.3) is 0 Å². The van der Waals surface area contributed by atoms with E-state index in [0.29, 0.717) is 0 Å². The number of hydrogen-bond acceptors (Lipinski definition) is 2. The summed E-state index contributed by atoms with van der Waals surface area (Å²) in [6.45, 7) is 13.8. The van der Waals surface area contributed by atoms with Crippen molar-refractivity contribution in [3.05, 3.63) is 144 Å². The fourth-order valence-corrected chi connectivity index (χ4v) is 15.6. The predicted octanol–water partition coefficient (Wildman–Crippen LogP) is 8.33. The molecular weight excluding hydrogens is 624 g/mol. The van der Waals surface area contributed by atoms with E-state index in [9.17, 15) is 0 Å². The molecule has 0 aliphatic rings. The van der Waals surface area contributed by atoms with Crippen LogP contribution in [0.2, 0.25) is 10.1 Å². The standard InChI is InChI=1S/C38H41BrO2Si2/c1-37(2,3)42(31-19-11-7-12-20-31,32-21-13-8-14-22-32)40-30-27-28-35(39)36(29-30)41-43(38(4,5)6,33-23-15-9-16-24-33)34-25-17-10-18-26-34/h7-29H,1-6H3. The average Bonchev–Trinajstić information content (AvgIpc) is 3.00. The molecule has 0 saturated carbocycles. The van der Waals surface area contributed by atoms with Crippen molar-refractivity contribution in [2.45, 2.75) is 51.6 Å². The van der Waals surface area contributed by atoms with Crippen LogP contribution in [0.15, 0.2) is 144 Å². The van der Waals surface area contributed by atoms with Gasteiger partial charge in [0.05, 0.1) is 4.47 Å². The van der Waals surface area contributed by atoms with Crippen LogP contribution >= 0.6 is 15.9 Å². The molecule has 5 aromatic rings. The Labute approximate surface area is 268 Å². The van der Waals surface area contributed by atoms with Crippen molar-refractivity contribution in [2.75, 3.05) is 0 Å². The molecule has 0 N–H and O–H groups in total. The van der Waals surface area contributed by atoms with Crippen LogP contribution in [0.3, 0.4) is 0 Å². The van der Waals surface area contributed by atoms with Gasteiger partial charge in [0.15, 0.2) is 0 Å². The monoisotopic (exact) mass is 664 g/mol. The lowest BCUT2D eigenvalue weighted by molar-refractivity contribution is 0.488. The second-order valence-corrected chi connectivity index (χ2v) is 22.4. The summed E-state index contributed by atoms with van der Waals surface area (Å²) < 4.78 is 15.8. The number of hydrogen-bond donors (Lipinski definition) is 0. The van der Waals surface area contributed by atoms with Gasteiger partial charge in [-0.15, -0.1) is 0 Å². The van der Waals surface area contributed by atoms with Crippen LogP contribution in [0.4, 0.5) is 0 Å². The van der Waals surface area contributed by atoms with E-state index in [1.54, 1.807) is 0 Å². The highest BCUT2D eigenvalue weighted by molar-refractivity contribution is 9.10. The molecule has 0 unspecified atom stereocenters. The quantitative estimate of drug-likeness (QED) is 0.155. The predicted molar refractivity (Wildman–Crippen MR) is 191 cm³/mol. The number of benzene rings is 5. The zero-order valence-corrected chi connectivity index (χ0v) is 29.6. The minimum atomic E-state index is -2.84. The van der Waals surface area contributed by atoms with Crippen molar-refractivity contribution in [3.63, 3.8) is 0 Å². The molecule has 0 aromatic heterocycles. The molecule has 0 amide bonds. The Morgan fingerprint density at radius 1 is 0.442 bits per heavy atom. The molecule has 5 rings (SSSR count). The minimum Gasteiger partial charge on any atom is -0.534 e. The van der Waals surface area contributed by atoms with Gasteiger partial charge in [-0.1, -0.05) is 163 Å². The molecule has 0 saturated heterocycles. The molecule has 0 fully saturated rings. The Morgan fingerprint density at radius 3 is 1.09 bits per heavy atom. The van der Waals surface area contributed by atoms with Gasteiger partial charge in [-0.25, -0.2) is 0 Å². The maximum absolute atomic E-state index is 7.45. The van der Waals surface area contributed by atoms with Crippen molar-refractivity contribution < 1.29 is 8.85 Å². The molecule has 0 aliphatic carbocycles. The summed E-state index contributed by atoms with van der Waals surface area (Å²) in [5.41, 5.74) is 0. The highest BCUT2D eigenvalue weighted by Gasteiger charge is 2.54. The van der Waals surface area contributed by atoms with Gasteiger partial charge in [0.2, 0.25) is 0 Å². The largest absolute Gasteiger partial charge is 0.534 e. The molecule has 0 aliphatic heterocycles. The first kappa shape index (κ1) is 31.1. The Balaban J connectivity index is 1.69. The zero-order chi connectivity index (χ0) is 30.7.